The van der Waals surface area contributed by atoms with Gasteiger partial charge in [-0.1, -0.05) is 17.7 Å². The van der Waals surface area contributed by atoms with E-state index in [1.807, 2.05) is 0 Å². The van der Waals surface area contributed by atoms with Gasteiger partial charge in [-0.25, -0.2) is 12.8 Å². The summed E-state index contributed by atoms with van der Waals surface area (Å²) in [4.78, 5) is -0.319. The summed E-state index contributed by atoms with van der Waals surface area (Å²) in [7, 11) is -3.55. The van der Waals surface area contributed by atoms with Crippen LogP contribution in [0.3, 0.4) is 0 Å². The van der Waals surface area contributed by atoms with Crippen molar-refractivity contribution in [2.24, 2.45) is 0 Å². The van der Waals surface area contributed by atoms with Crippen LogP contribution in [0.25, 0.3) is 0 Å². The predicted molar refractivity (Wildman–Crippen MR) is 49.3 cm³/mol. The molecule has 0 spiro atoms. The summed E-state index contributed by atoms with van der Waals surface area (Å²) in [6.07, 6.45) is 0.953. The topological polar surface area (TPSA) is 34.1 Å². The van der Waals surface area contributed by atoms with E-state index in [-0.39, 0.29) is 9.92 Å². The Kier molecular flexibility index (Phi) is 2.63. The molecular weight excluding hydrogens is 215 g/mol. The minimum atomic E-state index is -3.55. The lowest BCUT2D eigenvalue weighted by Crippen LogP contribution is -2.03. The first kappa shape index (κ1) is 10.5. The van der Waals surface area contributed by atoms with Gasteiger partial charge in [-0.3, -0.25) is 0 Å². The van der Waals surface area contributed by atoms with Crippen molar-refractivity contribution in [2.75, 3.05) is 6.26 Å². The largest absolute Gasteiger partial charge is 0.224 e. The minimum Gasteiger partial charge on any atom is -0.224 e. The lowest BCUT2D eigenvalue weighted by atomic mass is 10.2. The van der Waals surface area contributed by atoms with E-state index in [1.54, 1.807) is 0 Å². The lowest BCUT2D eigenvalue weighted by molar-refractivity contribution is 0.568. The van der Waals surface area contributed by atoms with Crippen LogP contribution in [0.2, 0.25) is 5.02 Å². The fourth-order valence-electron chi connectivity index (χ4n) is 1.08. The first-order valence-corrected chi connectivity index (χ1v) is 5.75. The molecule has 0 aliphatic rings. The summed E-state index contributed by atoms with van der Waals surface area (Å²) in [6, 6.07) is 2.81. The monoisotopic (exact) mass is 222 g/mol. The number of sulfone groups is 1. The Bertz CT molecular complexity index is 440. The van der Waals surface area contributed by atoms with Crippen LogP contribution in [0.5, 0.6) is 0 Å². The molecule has 0 aliphatic heterocycles. The van der Waals surface area contributed by atoms with Gasteiger partial charge in [0.2, 0.25) is 0 Å². The van der Waals surface area contributed by atoms with Crippen LogP contribution in [0.1, 0.15) is 5.56 Å². The van der Waals surface area contributed by atoms with Crippen molar-refractivity contribution in [1.82, 2.24) is 0 Å². The normalized spacial score (nSPS) is 11.7. The zero-order chi connectivity index (χ0) is 10.2. The molecule has 0 atom stereocenters. The Hall–Kier alpha value is -0.610. The molecule has 0 saturated carbocycles. The molecule has 0 bridgehead atoms. The molecule has 13 heavy (non-hydrogen) atoms. The molecule has 5 heteroatoms. The van der Waals surface area contributed by atoms with Crippen molar-refractivity contribution in [1.29, 1.82) is 0 Å². The fourth-order valence-corrected chi connectivity index (χ4v) is 2.39. The van der Waals surface area contributed by atoms with E-state index >= 15 is 0 Å². The highest BCUT2D eigenvalue weighted by atomic mass is 35.5. The first-order valence-electron chi connectivity index (χ1n) is 3.48. The van der Waals surface area contributed by atoms with Crippen LogP contribution in [0.15, 0.2) is 17.0 Å². The maximum Gasteiger partial charge on any atom is 0.178 e. The van der Waals surface area contributed by atoms with Gasteiger partial charge in [-0.15, -0.1) is 0 Å². The third-order valence-electron chi connectivity index (χ3n) is 1.62. The van der Waals surface area contributed by atoms with Crippen molar-refractivity contribution >= 4 is 21.4 Å². The van der Waals surface area contributed by atoms with Crippen LogP contribution < -0.4 is 0 Å². The highest BCUT2D eigenvalue weighted by Crippen LogP contribution is 2.25. The standard InChI is InChI=1S/C8H8ClFO2S/c1-5-3-4-6(9)7(10)8(5)13(2,11)12/h3-4H,1-2H3. The quantitative estimate of drug-likeness (QED) is 0.730. The van der Waals surface area contributed by atoms with Crippen LogP contribution in [-0.4, -0.2) is 14.7 Å². The fraction of sp³-hybridized carbons (Fsp3) is 0.250. The number of aryl methyl sites for hydroxylation is 1. The number of hydrogen-bond donors (Lipinski definition) is 0. The Labute approximate surface area is 81.3 Å². The van der Waals surface area contributed by atoms with Crippen LogP contribution in [0.4, 0.5) is 4.39 Å². The zero-order valence-corrected chi connectivity index (χ0v) is 8.71. The minimum absolute atomic E-state index is 0.175. The number of benzene rings is 1. The number of halogens is 2. The lowest BCUT2D eigenvalue weighted by Gasteiger charge is -2.05. The van der Waals surface area contributed by atoms with E-state index in [1.165, 1.54) is 19.1 Å². The highest BCUT2D eigenvalue weighted by Gasteiger charge is 2.18. The van der Waals surface area contributed by atoms with E-state index in [4.69, 9.17) is 11.6 Å². The summed E-state index contributed by atoms with van der Waals surface area (Å²) in [5, 5.41) is -0.175. The van der Waals surface area contributed by atoms with Crippen molar-refractivity contribution in [3.8, 4) is 0 Å². The molecule has 0 unspecified atom stereocenters. The second-order valence-electron chi connectivity index (χ2n) is 2.78. The van der Waals surface area contributed by atoms with Crippen molar-refractivity contribution in [3.05, 3.63) is 28.5 Å². The van der Waals surface area contributed by atoms with Gasteiger partial charge in [0.15, 0.2) is 15.7 Å². The molecule has 1 aromatic carbocycles. The van der Waals surface area contributed by atoms with Crippen LogP contribution in [0, 0.1) is 12.7 Å². The summed E-state index contributed by atoms with van der Waals surface area (Å²) in [5.74, 6) is -0.871. The molecular formula is C8H8ClFO2S. The van der Waals surface area contributed by atoms with Crippen molar-refractivity contribution < 1.29 is 12.8 Å². The smallest absolute Gasteiger partial charge is 0.178 e. The Morgan fingerprint density at radius 2 is 1.92 bits per heavy atom. The van der Waals surface area contributed by atoms with Gasteiger partial charge in [0.1, 0.15) is 4.90 Å². The van der Waals surface area contributed by atoms with Gasteiger partial charge in [0.05, 0.1) is 5.02 Å². The third kappa shape index (κ3) is 2.00. The first-order chi connectivity index (χ1) is 5.84. The van der Waals surface area contributed by atoms with Gasteiger partial charge in [0.25, 0.3) is 0 Å². The molecule has 1 rings (SSSR count). The van der Waals surface area contributed by atoms with Crippen LogP contribution >= 0.6 is 11.6 Å². The average Bonchev–Trinajstić information content (AvgIpc) is 1.95. The Morgan fingerprint density at radius 3 is 2.31 bits per heavy atom. The summed E-state index contributed by atoms with van der Waals surface area (Å²) >= 11 is 5.45. The summed E-state index contributed by atoms with van der Waals surface area (Å²) in [5.41, 5.74) is 0.365. The van der Waals surface area contributed by atoms with E-state index < -0.39 is 15.7 Å². The number of rotatable bonds is 1. The molecule has 2 nitrogen and oxygen atoms in total. The highest BCUT2D eigenvalue weighted by molar-refractivity contribution is 7.90. The molecule has 1 aromatic rings. The van der Waals surface area contributed by atoms with Crippen molar-refractivity contribution in [2.45, 2.75) is 11.8 Å². The van der Waals surface area contributed by atoms with Gasteiger partial charge in [0, 0.05) is 6.26 Å². The average molecular weight is 223 g/mol. The molecule has 0 saturated heterocycles. The molecule has 0 N–H and O–H groups in total. The van der Waals surface area contributed by atoms with E-state index in [2.05, 4.69) is 0 Å². The molecule has 0 aromatic heterocycles. The molecule has 72 valence electrons. The summed E-state index contributed by atoms with van der Waals surface area (Å²) in [6.45, 7) is 1.52. The third-order valence-corrected chi connectivity index (χ3v) is 3.15. The maximum absolute atomic E-state index is 13.2. The van der Waals surface area contributed by atoms with Gasteiger partial charge < -0.3 is 0 Å². The zero-order valence-electron chi connectivity index (χ0n) is 7.14. The molecule has 0 aliphatic carbocycles. The molecule has 0 amide bonds. The SMILES string of the molecule is Cc1ccc(Cl)c(F)c1S(C)(=O)=O. The van der Waals surface area contributed by atoms with E-state index in [0.717, 1.165) is 6.26 Å². The van der Waals surface area contributed by atoms with E-state index in [9.17, 15) is 12.8 Å². The van der Waals surface area contributed by atoms with Gasteiger partial charge >= 0.3 is 0 Å². The maximum atomic E-state index is 13.2. The molecule has 0 heterocycles. The predicted octanol–water partition coefficient (Wildman–Crippen LogP) is 2.19. The second kappa shape index (κ2) is 3.27. The van der Waals surface area contributed by atoms with E-state index in [0.29, 0.717) is 5.56 Å². The van der Waals surface area contributed by atoms with Crippen LogP contribution in [-0.2, 0) is 9.84 Å². The molecule has 0 fully saturated rings. The number of hydrogen-bond acceptors (Lipinski definition) is 2. The van der Waals surface area contributed by atoms with Gasteiger partial charge in [-0.2, -0.15) is 0 Å². The van der Waals surface area contributed by atoms with Gasteiger partial charge in [-0.05, 0) is 18.6 Å². The van der Waals surface area contributed by atoms with Crippen molar-refractivity contribution in [3.63, 3.8) is 0 Å². The Morgan fingerprint density at radius 1 is 1.38 bits per heavy atom. The second-order valence-corrected chi connectivity index (χ2v) is 5.14. The molecule has 0 radical (unpaired) electrons. The Balaban J connectivity index is 3.62. The summed E-state index contributed by atoms with van der Waals surface area (Å²) < 4.78 is 35.5.